The quantitative estimate of drug-likeness (QED) is 0.0420. The number of aliphatic hydroxyl groups excluding tert-OH is 2. The number of nitrogens with one attached hydrogen (secondary N) is 1. The molecule has 0 spiro atoms. The van der Waals surface area contributed by atoms with Crippen molar-refractivity contribution in [3.63, 3.8) is 0 Å². The average Bonchev–Trinajstić information content (AvgIpc) is 3.47. The maximum Gasteiger partial charge on any atom is 0.220 e. The number of unbranched alkanes of at least 4 members (excludes halogenated alkanes) is 36. The van der Waals surface area contributed by atoms with Crippen LogP contribution in [0.3, 0.4) is 0 Å². The Morgan fingerprint density at radius 1 is 0.309 bits per heavy atom. The van der Waals surface area contributed by atoms with Crippen LogP contribution in [0.1, 0.15) is 328 Å². The molecule has 81 heavy (non-hydrogen) atoms. The van der Waals surface area contributed by atoms with Gasteiger partial charge in [-0.25, -0.2) is 0 Å². The Balaban J connectivity index is 3.56. The number of hydrogen-bond acceptors (Lipinski definition) is 3. The van der Waals surface area contributed by atoms with Gasteiger partial charge in [-0.05, 0) is 109 Å². The van der Waals surface area contributed by atoms with Crippen LogP contribution in [-0.4, -0.2) is 34.9 Å². The summed E-state index contributed by atoms with van der Waals surface area (Å²) in [5, 5.41) is 23.3. The summed E-state index contributed by atoms with van der Waals surface area (Å²) in [6.45, 7) is 4.20. The van der Waals surface area contributed by atoms with Crippen LogP contribution in [0, 0.1) is 0 Å². The topological polar surface area (TPSA) is 69.6 Å². The lowest BCUT2D eigenvalue weighted by Gasteiger charge is -2.19. The van der Waals surface area contributed by atoms with Crippen molar-refractivity contribution in [3.05, 3.63) is 134 Å². The number of hydrogen-bond donors (Lipinski definition) is 3. The molecule has 0 aliphatic rings. The lowest BCUT2D eigenvalue weighted by Crippen LogP contribution is -2.45. The normalized spacial score (nSPS) is 13.6. The number of aliphatic hydroxyl groups is 2. The van der Waals surface area contributed by atoms with Gasteiger partial charge in [0.1, 0.15) is 0 Å². The first-order valence-corrected chi connectivity index (χ1v) is 34.9. The lowest BCUT2D eigenvalue weighted by molar-refractivity contribution is -0.123. The Morgan fingerprint density at radius 2 is 0.556 bits per heavy atom. The highest BCUT2D eigenvalue weighted by molar-refractivity contribution is 5.76. The molecule has 2 atom stereocenters. The predicted molar refractivity (Wildman–Crippen MR) is 363 cm³/mol. The van der Waals surface area contributed by atoms with Gasteiger partial charge in [-0.1, -0.05) is 347 Å². The van der Waals surface area contributed by atoms with Crippen molar-refractivity contribution in [2.45, 2.75) is 341 Å². The van der Waals surface area contributed by atoms with Crippen molar-refractivity contribution in [3.8, 4) is 0 Å². The van der Waals surface area contributed by atoms with Gasteiger partial charge in [0.15, 0.2) is 0 Å². The van der Waals surface area contributed by atoms with Gasteiger partial charge in [-0.3, -0.25) is 4.79 Å². The van der Waals surface area contributed by atoms with E-state index in [1.807, 2.05) is 6.08 Å². The Labute approximate surface area is 504 Å². The van der Waals surface area contributed by atoms with Crippen molar-refractivity contribution in [1.29, 1.82) is 0 Å². The zero-order chi connectivity index (χ0) is 58.4. The van der Waals surface area contributed by atoms with E-state index in [4.69, 9.17) is 0 Å². The van der Waals surface area contributed by atoms with Gasteiger partial charge in [0.05, 0.1) is 18.8 Å². The molecule has 0 heterocycles. The molecule has 2 unspecified atom stereocenters. The Kier molecular flexibility index (Phi) is 67.8. The Morgan fingerprint density at radius 3 is 0.864 bits per heavy atom. The largest absolute Gasteiger partial charge is 0.394 e. The predicted octanol–water partition coefficient (Wildman–Crippen LogP) is 24.1. The Hall–Kier alpha value is -3.47. The molecule has 4 heteroatoms. The van der Waals surface area contributed by atoms with E-state index in [-0.39, 0.29) is 12.5 Å². The zero-order valence-electron chi connectivity index (χ0n) is 53.5. The summed E-state index contributed by atoms with van der Waals surface area (Å²) < 4.78 is 0. The molecule has 0 saturated carbocycles. The molecule has 464 valence electrons. The van der Waals surface area contributed by atoms with E-state index in [1.54, 1.807) is 6.08 Å². The number of carbonyl (C=O) groups excluding carboxylic acids is 1. The van der Waals surface area contributed by atoms with Gasteiger partial charge >= 0.3 is 0 Å². The molecule has 1 amide bonds. The minimum Gasteiger partial charge on any atom is -0.394 e. The number of allylic oxidation sites excluding steroid dienone is 21. The van der Waals surface area contributed by atoms with Crippen LogP contribution in [0.5, 0.6) is 0 Å². The van der Waals surface area contributed by atoms with Crippen LogP contribution >= 0.6 is 0 Å². The summed E-state index contributed by atoms with van der Waals surface area (Å²) in [5.74, 6) is -0.0802. The maximum atomic E-state index is 12.5. The van der Waals surface area contributed by atoms with Gasteiger partial charge in [0, 0.05) is 6.42 Å². The van der Waals surface area contributed by atoms with Crippen molar-refractivity contribution in [2.24, 2.45) is 0 Å². The number of rotatable bonds is 63. The zero-order valence-corrected chi connectivity index (χ0v) is 53.5. The van der Waals surface area contributed by atoms with Crippen LogP contribution in [0.25, 0.3) is 0 Å². The van der Waals surface area contributed by atoms with Crippen LogP contribution < -0.4 is 5.32 Å². The molecule has 0 aliphatic carbocycles. The molecule has 0 radical (unpaired) electrons. The van der Waals surface area contributed by atoms with Gasteiger partial charge in [0.25, 0.3) is 0 Å². The van der Waals surface area contributed by atoms with Crippen molar-refractivity contribution < 1.29 is 15.0 Å². The SMILES string of the molecule is CC/C=C\C/C=C\C/C=C\C/C=C\C/C=C\C/C=C\C/C=C\C/C=C\CCCCCCCCCCCCCCCCC(=O)NC(CO)C(O)/C=C/CC/C=C/CC/C=C/CCCCCCCCCCCCCCCCCCCCCC. The summed E-state index contributed by atoms with van der Waals surface area (Å²) >= 11 is 0. The second-order valence-electron chi connectivity index (χ2n) is 23.2. The molecule has 4 nitrogen and oxygen atoms in total. The van der Waals surface area contributed by atoms with Crippen LogP contribution in [0.2, 0.25) is 0 Å². The van der Waals surface area contributed by atoms with E-state index >= 15 is 0 Å². The van der Waals surface area contributed by atoms with E-state index in [0.29, 0.717) is 6.42 Å². The minimum atomic E-state index is -0.880. The monoisotopic (exact) mass is 1120 g/mol. The highest BCUT2D eigenvalue weighted by Crippen LogP contribution is 2.17. The highest BCUT2D eigenvalue weighted by atomic mass is 16.3. The second-order valence-corrected chi connectivity index (χ2v) is 23.2. The first-order chi connectivity index (χ1) is 40.2. The first kappa shape index (κ1) is 77.5. The molecule has 0 aliphatic heterocycles. The third-order valence-corrected chi connectivity index (χ3v) is 15.3. The Bertz CT molecular complexity index is 1600. The molecular formula is C77H133NO3. The highest BCUT2D eigenvalue weighted by Gasteiger charge is 2.18. The second kappa shape index (κ2) is 70.8. The summed E-state index contributed by atoms with van der Waals surface area (Å²) in [7, 11) is 0. The van der Waals surface area contributed by atoms with E-state index in [9.17, 15) is 15.0 Å². The van der Waals surface area contributed by atoms with Crippen molar-refractivity contribution in [2.75, 3.05) is 6.61 Å². The minimum absolute atomic E-state index is 0.0802. The lowest BCUT2D eigenvalue weighted by atomic mass is 10.0. The first-order valence-electron chi connectivity index (χ1n) is 34.9. The molecule has 0 aromatic heterocycles. The number of amides is 1. The summed E-state index contributed by atoms with van der Waals surface area (Å²) in [6, 6.07) is -0.656. The smallest absolute Gasteiger partial charge is 0.220 e. The molecule has 0 bridgehead atoms. The van der Waals surface area contributed by atoms with Gasteiger partial charge in [-0.15, -0.1) is 0 Å². The fraction of sp³-hybridized carbons (Fsp3) is 0.701. The fourth-order valence-corrected chi connectivity index (χ4v) is 10.1. The van der Waals surface area contributed by atoms with Crippen LogP contribution in [0.4, 0.5) is 0 Å². The third kappa shape index (κ3) is 67.2. The van der Waals surface area contributed by atoms with E-state index in [1.165, 1.54) is 218 Å². The van der Waals surface area contributed by atoms with Gasteiger partial charge < -0.3 is 15.5 Å². The van der Waals surface area contributed by atoms with Crippen LogP contribution in [-0.2, 0) is 4.79 Å². The molecule has 0 aromatic carbocycles. The fourth-order valence-electron chi connectivity index (χ4n) is 10.1. The van der Waals surface area contributed by atoms with Crippen LogP contribution in [0.15, 0.2) is 134 Å². The summed E-state index contributed by atoms with van der Waals surface area (Å²) in [4.78, 5) is 12.5. The van der Waals surface area contributed by atoms with E-state index in [0.717, 1.165) is 89.9 Å². The number of carbonyl (C=O) groups is 1. The van der Waals surface area contributed by atoms with Crippen molar-refractivity contribution >= 4 is 5.91 Å². The van der Waals surface area contributed by atoms with Gasteiger partial charge in [-0.2, -0.15) is 0 Å². The molecule has 0 saturated heterocycles. The van der Waals surface area contributed by atoms with E-state index in [2.05, 4.69) is 141 Å². The maximum absolute atomic E-state index is 12.5. The summed E-state index contributed by atoms with van der Waals surface area (Å²) in [6.07, 6.45) is 110. The molecule has 0 aromatic rings. The molecule has 0 rings (SSSR count). The standard InChI is InChI=1S/C77H133NO3/c1-3-5-7-9-11-13-15-17-19-21-23-25-27-29-31-33-35-36-37-38-39-40-41-42-43-45-47-49-51-53-55-57-59-61-63-65-67-69-71-73-77(81)78-75(74-79)76(80)72-70-68-66-64-62-60-58-56-54-52-50-48-46-44-34-32-30-28-26-24-22-20-18-16-14-12-10-8-6-4-2/h5,7,11,13,17,19,23,25,29,31,35-36,38-39,41-42,54,56,62,64,70,72,75-76,79-80H,3-4,6,8-10,12,14-16,18,20-22,24,26-28,30,32-34,37,40,43-53,55,57-61,63,65-69,71,73-74H2,1-2H3,(H,78,81)/b7-5-,13-11-,19-17-,25-23-,31-29-,36-35-,39-38-,42-41-,56-54+,64-62+,72-70+. The third-order valence-electron chi connectivity index (χ3n) is 15.3. The summed E-state index contributed by atoms with van der Waals surface area (Å²) in [5.41, 5.74) is 0. The average molecular weight is 1120 g/mol. The molecular weight excluding hydrogens is 987 g/mol. The van der Waals surface area contributed by atoms with Gasteiger partial charge in [0.2, 0.25) is 5.91 Å². The van der Waals surface area contributed by atoms with E-state index < -0.39 is 12.1 Å². The van der Waals surface area contributed by atoms with Crippen molar-refractivity contribution in [1.82, 2.24) is 5.32 Å². The molecule has 0 fully saturated rings. The molecule has 3 N–H and O–H groups in total.